The predicted octanol–water partition coefficient (Wildman–Crippen LogP) is 2.69. The lowest BCUT2D eigenvalue weighted by atomic mass is 9.91. The zero-order valence-corrected chi connectivity index (χ0v) is 13.2. The first-order chi connectivity index (χ1) is 10.6. The van der Waals surface area contributed by atoms with E-state index in [1.165, 1.54) is 0 Å². The summed E-state index contributed by atoms with van der Waals surface area (Å²) in [6, 6.07) is 9.22. The van der Waals surface area contributed by atoms with Crippen LogP contribution in [0.1, 0.15) is 26.2 Å². The fraction of sp³-hybridized carbons (Fsp3) is 0.500. The third kappa shape index (κ3) is 3.90. The Morgan fingerprint density at radius 2 is 2.18 bits per heavy atom. The molecule has 1 N–H and O–H groups in total. The molecule has 1 amide bonds. The number of nitriles is 1. The molecule has 22 heavy (non-hydrogen) atoms. The topological polar surface area (TPSA) is 71.3 Å². The smallest absolute Gasteiger partial charge is 0.262 e. The van der Waals surface area contributed by atoms with Gasteiger partial charge in [0.15, 0.2) is 6.10 Å². The van der Waals surface area contributed by atoms with Crippen molar-refractivity contribution in [1.29, 1.82) is 5.26 Å². The molecule has 1 aliphatic heterocycles. The second-order valence-corrected chi connectivity index (χ2v) is 5.65. The molecular formula is C16H19ClN2O3. The third-order valence-corrected chi connectivity index (χ3v) is 4.00. The Balaban J connectivity index is 2.06. The standard InChI is InChI=1S/C16H19ClN2O3/c1-2-13(22-14-6-4-3-5-12(14)17)15(20)19-16(11-18)7-9-21-10-8-16/h3-6,13H,2,7-10H2,1H3,(H,19,20)/t13-/m0/s1. The molecule has 0 aliphatic carbocycles. The van der Waals surface area contributed by atoms with E-state index in [1.54, 1.807) is 24.3 Å². The first kappa shape index (κ1) is 16.6. The number of amides is 1. The molecule has 5 nitrogen and oxygen atoms in total. The van der Waals surface area contributed by atoms with E-state index in [9.17, 15) is 10.1 Å². The van der Waals surface area contributed by atoms with Crippen LogP contribution in [-0.4, -0.2) is 30.8 Å². The number of halogens is 1. The van der Waals surface area contributed by atoms with Crippen molar-refractivity contribution < 1.29 is 14.3 Å². The molecule has 0 bridgehead atoms. The van der Waals surface area contributed by atoms with Crippen LogP contribution in [-0.2, 0) is 9.53 Å². The summed E-state index contributed by atoms with van der Waals surface area (Å²) in [6.07, 6.45) is 0.762. The van der Waals surface area contributed by atoms with Gasteiger partial charge in [0.05, 0.1) is 11.1 Å². The monoisotopic (exact) mass is 322 g/mol. The van der Waals surface area contributed by atoms with E-state index in [2.05, 4.69) is 11.4 Å². The van der Waals surface area contributed by atoms with Crippen molar-refractivity contribution in [1.82, 2.24) is 5.32 Å². The summed E-state index contributed by atoms with van der Waals surface area (Å²) < 4.78 is 11.0. The molecular weight excluding hydrogens is 304 g/mol. The minimum Gasteiger partial charge on any atom is -0.479 e. The fourth-order valence-electron chi connectivity index (χ4n) is 2.32. The first-order valence-electron chi connectivity index (χ1n) is 7.32. The normalized spacial score (nSPS) is 18.0. The highest BCUT2D eigenvalue weighted by atomic mass is 35.5. The molecule has 0 saturated carbocycles. The number of nitrogens with zero attached hydrogens (tertiary/aromatic N) is 1. The minimum absolute atomic E-state index is 0.300. The molecule has 0 aromatic heterocycles. The summed E-state index contributed by atoms with van der Waals surface area (Å²) in [6.45, 7) is 2.79. The van der Waals surface area contributed by atoms with Crippen molar-refractivity contribution in [2.24, 2.45) is 0 Å². The lowest BCUT2D eigenvalue weighted by molar-refractivity contribution is -0.130. The number of ether oxygens (including phenoxy) is 2. The maximum absolute atomic E-state index is 12.5. The fourth-order valence-corrected chi connectivity index (χ4v) is 2.50. The van der Waals surface area contributed by atoms with E-state index in [0.717, 1.165) is 0 Å². The van der Waals surface area contributed by atoms with Gasteiger partial charge in [-0.1, -0.05) is 30.7 Å². The van der Waals surface area contributed by atoms with E-state index >= 15 is 0 Å². The number of benzene rings is 1. The Kier molecular flexibility index (Phi) is 5.64. The highest BCUT2D eigenvalue weighted by Gasteiger charge is 2.36. The van der Waals surface area contributed by atoms with Gasteiger partial charge in [-0.15, -0.1) is 0 Å². The van der Waals surface area contributed by atoms with Crippen molar-refractivity contribution >= 4 is 17.5 Å². The maximum Gasteiger partial charge on any atom is 0.262 e. The van der Waals surface area contributed by atoms with Gasteiger partial charge in [0, 0.05) is 26.1 Å². The summed E-state index contributed by atoms with van der Waals surface area (Å²) >= 11 is 6.05. The Morgan fingerprint density at radius 3 is 2.77 bits per heavy atom. The molecule has 1 fully saturated rings. The Hall–Kier alpha value is -1.77. The number of hydrogen-bond donors (Lipinski definition) is 1. The lowest BCUT2D eigenvalue weighted by Gasteiger charge is -2.32. The van der Waals surface area contributed by atoms with Crippen LogP contribution in [0.5, 0.6) is 5.75 Å². The molecule has 0 unspecified atom stereocenters. The Morgan fingerprint density at radius 1 is 1.50 bits per heavy atom. The average Bonchev–Trinajstić information content (AvgIpc) is 2.55. The van der Waals surface area contributed by atoms with Crippen LogP contribution < -0.4 is 10.1 Å². The van der Waals surface area contributed by atoms with Gasteiger partial charge in [0.25, 0.3) is 5.91 Å². The van der Waals surface area contributed by atoms with Gasteiger partial charge in [0.1, 0.15) is 11.3 Å². The van der Waals surface area contributed by atoms with Gasteiger partial charge < -0.3 is 14.8 Å². The molecule has 2 rings (SSSR count). The molecule has 0 radical (unpaired) electrons. The van der Waals surface area contributed by atoms with Crippen molar-refractivity contribution in [3.63, 3.8) is 0 Å². The zero-order chi connectivity index (χ0) is 16.0. The number of carbonyl (C=O) groups excluding carboxylic acids is 1. The number of carbonyl (C=O) groups is 1. The molecule has 1 aromatic rings. The first-order valence-corrected chi connectivity index (χ1v) is 7.70. The quantitative estimate of drug-likeness (QED) is 0.904. The van der Waals surface area contributed by atoms with E-state index < -0.39 is 11.6 Å². The second kappa shape index (κ2) is 7.48. The maximum atomic E-state index is 12.5. The molecule has 118 valence electrons. The lowest BCUT2D eigenvalue weighted by Crippen LogP contribution is -2.54. The van der Waals surface area contributed by atoms with Crippen molar-refractivity contribution in [2.45, 2.75) is 37.8 Å². The minimum atomic E-state index is -0.868. The highest BCUT2D eigenvalue weighted by Crippen LogP contribution is 2.25. The van der Waals surface area contributed by atoms with E-state index in [-0.39, 0.29) is 5.91 Å². The molecule has 1 aliphatic rings. The summed E-state index contributed by atoms with van der Waals surface area (Å²) in [5, 5.41) is 12.7. The van der Waals surface area contributed by atoms with Crippen LogP contribution in [0.25, 0.3) is 0 Å². The Bertz CT molecular complexity index is 565. The highest BCUT2D eigenvalue weighted by molar-refractivity contribution is 6.32. The van der Waals surface area contributed by atoms with E-state index in [0.29, 0.717) is 43.2 Å². The molecule has 1 atom stereocenters. The van der Waals surface area contributed by atoms with E-state index in [4.69, 9.17) is 21.1 Å². The average molecular weight is 323 g/mol. The molecule has 1 heterocycles. The van der Waals surface area contributed by atoms with Gasteiger partial charge in [-0.2, -0.15) is 5.26 Å². The number of hydrogen-bond acceptors (Lipinski definition) is 4. The van der Waals surface area contributed by atoms with Crippen LogP contribution >= 0.6 is 11.6 Å². The molecule has 6 heteroatoms. The van der Waals surface area contributed by atoms with E-state index in [1.807, 2.05) is 6.92 Å². The SMILES string of the molecule is CC[C@H](Oc1ccccc1Cl)C(=O)NC1(C#N)CCOCC1. The van der Waals surface area contributed by atoms with Crippen LogP contribution in [0.4, 0.5) is 0 Å². The summed E-state index contributed by atoms with van der Waals surface area (Å²) in [5.74, 6) is 0.162. The number of rotatable bonds is 5. The predicted molar refractivity (Wildman–Crippen MR) is 82.7 cm³/mol. The van der Waals surface area contributed by atoms with Gasteiger partial charge in [0.2, 0.25) is 0 Å². The molecule has 0 spiro atoms. The van der Waals surface area contributed by atoms with Crippen LogP contribution in [0.3, 0.4) is 0 Å². The van der Waals surface area contributed by atoms with Crippen molar-refractivity contribution in [3.8, 4) is 11.8 Å². The van der Waals surface area contributed by atoms with Gasteiger partial charge in [-0.25, -0.2) is 0 Å². The molecule has 1 aromatic carbocycles. The van der Waals surface area contributed by atoms with Gasteiger partial charge >= 0.3 is 0 Å². The van der Waals surface area contributed by atoms with Gasteiger partial charge in [-0.3, -0.25) is 4.79 Å². The molecule has 1 saturated heterocycles. The summed E-state index contributed by atoms with van der Waals surface area (Å²) in [4.78, 5) is 12.5. The van der Waals surface area contributed by atoms with Crippen molar-refractivity contribution in [3.05, 3.63) is 29.3 Å². The van der Waals surface area contributed by atoms with Crippen LogP contribution in [0.2, 0.25) is 5.02 Å². The zero-order valence-electron chi connectivity index (χ0n) is 12.5. The number of para-hydroxylation sites is 1. The van der Waals surface area contributed by atoms with Crippen LogP contribution in [0, 0.1) is 11.3 Å². The van der Waals surface area contributed by atoms with Crippen LogP contribution in [0.15, 0.2) is 24.3 Å². The number of nitrogens with one attached hydrogen (secondary N) is 1. The Labute approximate surface area is 135 Å². The largest absolute Gasteiger partial charge is 0.479 e. The summed E-state index contributed by atoms with van der Waals surface area (Å²) in [5.41, 5.74) is -0.868. The summed E-state index contributed by atoms with van der Waals surface area (Å²) in [7, 11) is 0. The second-order valence-electron chi connectivity index (χ2n) is 5.24. The van der Waals surface area contributed by atoms with Crippen molar-refractivity contribution in [2.75, 3.05) is 13.2 Å². The van der Waals surface area contributed by atoms with Gasteiger partial charge in [-0.05, 0) is 18.6 Å². The third-order valence-electron chi connectivity index (χ3n) is 3.69.